The zero-order chi connectivity index (χ0) is 15.2. The molecule has 1 heterocycles. The molecule has 1 aromatic carbocycles. The van der Waals surface area contributed by atoms with Crippen molar-refractivity contribution in [2.24, 2.45) is 5.92 Å². The van der Waals surface area contributed by atoms with Gasteiger partial charge in [0.25, 0.3) is 0 Å². The van der Waals surface area contributed by atoms with Crippen LogP contribution in [0.25, 0.3) is 0 Å². The number of amides is 1. The molecule has 1 amide bonds. The molecule has 0 spiro atoms. The molecule has 1 fully saturated rings. The highest BCUT2D eigenvalue weighted by molar-refractivity contribution is 5.76. The number of carbonyl (C=O) groups is 1. The zero-order valence-electron chi connectivity index (χ0n) is 13.6. The summed E-state index contributed by atoms with van der Waals surface area (Å²) in [5, 5.41) is 3.39. The summed E-state index contributed by atoms with van der Waals surface area (Å²) in [5.41, 5.74) is 2.52. The van der Waals surface area contributed by atoms with E-state index in [0.29, 0.717) is 24.3 Å². The second-order valence-corrected chi connectivity index (χ2v) is 6.18. The van der Waals surface area contributed by atoms with E-state index in [1.54, 1.807) is 0 Å². The van der Waals surface area contributed by atoms with Gasteiger partial charge >= 0.3 is 0 Å². The van der Waals surface area contributed by atoms with Gasteiger partial charge in [-0.1, -0.05) is 43.2 Å². The Morgan fingerprint density at radius 1 is 1.33 bits per heavy atom. The number of hydrogen-bond donors (Lipinski definition) is 1. The molecule has 0 radical (unpaired) electrons. The number of hydrogen-bond acceptors (Lipinski definition) is 2. The average molecular weight is 288 g/mol. The SMILES string of the molecule is CCC1CN(C(=O)CCc2ccc(C)cc2)CCC1NC. The summed E-state index contributed by atoms with van der Waals surface area (Å²) < 4.78 is 0. The van der Waals surface area contributed by atoms with Crippen molar-refractivity contribution in [1.29, 1.82) is 0 Å². The minimum absolute atomic E-state index is 0.309. The standard InChI is InChI=1S/C18H28N2O/c1-4-16-13-20(12-11-17(16)19-3)18(21)10-9-15-7-5-14(2)6-8-15/h5-8,16-17,19H,4,9-13H2,1-3H3. The van der Waals surface area contributed by atoms with Crippen LogP contribution < -0.4 is 5.32 Å². The highest BCUT2D eigenvalue weighted by Crippen LogP contribution is 2.21. The first-order valence-corrected chi connectivity index (χ1v) is 8.14. The lowest BCUT2D eigenvalue weighted by molar-refractivity contribution is -0.133. The molecular weight excluding hydrogens is 260 g/mol. The molecule has 21 heavy (non-hydrogen) atoms. The summed E-state index contributed by atoms with van der Waals surface area (Å²) in [6, 6.07) is 9.06. The van der Waals surface area contributed by atoms with Crippen molar-refractivity contribution in [2.75, 3.05) is 20.1 Å². The van der Waals surface area contributed by atoms with Gasteiger partial charge in [-0.25, -0.2) is 0 Å². The first kappa shape index (κ1) is 16.0. The van der Waals surface area contributed by atoms with Gasteiger partial charge in [0.1, 0.15) is 0 Å². The Bertz CT molecular complexity index is 455. The monoisotopic (exact) mass is 288 g/mol. The van der Waals surface area contributed by atoms with Gasteiger partial charge in [0, 0.05) is 25.6 Å². The Labute approximate surface area is 128 Å². The van der Waals surface area contributed by atoms with Gasteiger partial charge in [-0.15, -0.1) is 0 Å². The lowest BCUT2D eigenvalue weighted by Crippen LogP contribution is -2.50. The van der Waals surface area contributed by atoms with Gasteiger partial charge in [-0.3, -0.25) is 4.79 Å². The van der Waals surface area contributed by atoms with E-state index >= 15 is 0 Å². The zero-order valence-corrected chi connectivity index (χ0v) is 13.6. The first-order valence-electron chi connectivity index (χ1n) is 8.14. The van der Waals surface area contributed by atoms with E-state index in [2.05, 4.69) is 48.3 Å². The number of likely N-dealkylation sites (tertiary alicyclic amines) is 1. The second kappa shape index (κ2) is 7.60. The van der Waals surface area contributed by atoms with E-state index in [0.717, 1.165) is 32.4 Å². The molecule has 2 rings (SSSR count). The van der Waals surface area contributed by atoms with E-state index < -0.39 is 0 Å². The molecule has 0 bridgehead atoms. The van der Waals surface area contributed by atoms with Gasteiger partial charge in [0.2, 0.25) is 5.91 Å². The molecule has 1 N–H and O–H groups in total. The van der Waals surface area contributed by atoms with Crippen molar-refractivity contribution in [2.45, 2.75) is 45.6 Å². The second-order valence-electron chi connectivity index (χ2n) is 6.18. The van der Waals surface area contributed by atoms with E-state index in [1.165, 1.54) is 11.1 Å². The molecule has 3 nitrogen and oxygen atoms in total. The molecule has 0 aliphatic carbocycles. The third kappa shape index (κ3) is 4.31. The van der Waals surface area contributed by atoms with Crippen molar-refractivity contribution >= 4 is 5.91 Å². The molecule has 3 heteroatoms. The van der Waals surface area contributed by atoms with Crippen LogP contribution in [-0.4, -0.2) is 37.0 Å². The van der Waals surface area contributed by atoms with Gasteiger partial charge < -0.3 is 10.2 Å². The Kier molecular flexibility index (Phi) is 5.80. The first-order chi connectivity index (χ1) is 10.1. The number of piperidine rings is 1. The number of nitrogens with zero attached hydrogens (tertiary/aromatic N) is 1. The summed E-state index contributed by atoms with van der Waals surface area (Å²) >= 11 is 0. The number of rotatable bonds is 5. The van der Waals surface area contributed by atoms with Gasteiger partial charge in [0.15, 0.2) is 0 Å². The molecule has 1 aromatic rings. The lowest BCUT2D eigenvalue weighted by Gasteiger charge is -2.38. The quantitative estimate of drug-likeness (QED) is 0.903. The van der Waals surface area contributed by atoms with Gasteiger partial charge in [-0.05, 0) is 38.3 Å². The molecule has 1 saturated heterocycles. The van der Waals surface area contributed by atoms with Crippen LogP contribution in [0.4, 0.5) is 0 Å². The number of aryl methyl sites for hydroxylation is 2. The number of benzene rings is 1. The molecular formula is C18H28N2O. The Balaban J connectivity index is 1.84. The fourth-order valence-electron chi connectivity index (χ4n) is 3.22. The predicted molar refractivity (Wildman–Crippen MR) is 87.3 cm³/mol. The summed E-state index contributed by atoms with van der Waals surface area (Å²) in [6.45, 7) is 6.12. The van der Waals surface area contributed by atoms with Crippen LogP contribution in [0.5, 0.6) is 0 Å². The summed E-state index contributed by atoms with van der Waals surface area (Å²) in [7, 11) is 2.03. The van der Waals surface area contributed by atoms with Crippen molar-refractivity contribution in [3.63, 3.8) is 0 Å². The predicted octanol–water partition coefficient (Wildman–Crippen LogP) is 2.77. The van der Waals surface area contributed by atoms with Gasteiger partial charge in [-0.2, -0.15) is 0 Å². The summed E-state index contributed by atoms with van der Waals surface area (Å²) in [4.78, 5) is 14.5. The number of nitrogens with one attached hydrogen (secondary N) is 1. The van der Waals surface area contributed by atoms with Gasteiger partial charge in [0.05, 0.1) is 0 Å². The maximum absolute atomic E-state index is 12.4. The third-order valence-electron chi connectivity index (χ3n) is 4.73. The Morgan fingerprint density at radius 2 is 2.05 bits per heavy atom. The molecule has 0 aromatic heterocycles. The highest BCUT2D eigenvalue weighted by atomic mass is 16.2. The van der Waals surface area contributed by atoms with Crippen molar-refractivity contribution in [3.05, 3.63) is 35.4 Å². The molecule has 2 atom stereocenters. The maximum Gasteiger partial charge on any atom is 0.222 e. The van der Waals surface area contributed by atoms with Crippen LogP contribution in [0, 0.1) is 12.8 Å². The van der Waals surface area contributed by atoms with Crippen LogP contribution in [-0.2, 0) is 11.2 Å². The fourth-order valence-corrected chi connectivity index (χ4v) is 3.22. The number of carbonyl (C=O) groups excluding carboxylic acids is 1. The molecule has 116 valence electrons. The van der Waals surface area contributed by atoms with E-state index in [-0.39, 0.29) is 0 Å². The van der Waals surface area contributed by atoms with Crippen LogP contribution in [0.2, 0.25) is 0 Å². The molecule has 0 saturated carbocycles. The normalized spacial score (nSPS) is 22.3. The van der Waals surface area contributed by atoms with Crippen molar-refractivity contribution in [3.8, 4) is 0 Å². The molecule has 1 aliphatic heterocycles. The smallest absolute Gasteiger partial charge is 0.222 e. The van der Waals surface area contributed by atoms with E-state index in [4.69, 9.17) is 0 Å². The van der Waals surface area contributed by atoms with E-state index in [1.807, 2.05) is 7.05 Å². The van der Waals surface area contributed by atoms with Crippen molar-refractivity contribution < 1.29 is 4.79 Å². The average Bonchev–Trinajstić information content (AvgIpc) is 2.53. The van der Waals surface area contributed by atoms with Crippen LogP contribution in [0.15, 0.2) is 24.3 Å². The van der Waals surface area contributed by atoms with Crippen LogP contribution >= 0.6 is 0 Å². The Hall–Kier alpha value is -1.35. The van der Waals surface area contributed by atoms with E-state index in [9.17, 15) is 4.79 Å². The summed E-state index contributed by atoms with van der Waals surface area (Å²) in [5.74, 6) is 0.899. The maximum atomic E-state index is 12.4. The lowest BCUT2D eigenvalue weighted by atomic mass is 9.90. The summed E-state index contributed by atoms with van der Waals surface area (Å²) in [6.07, 6.45) is 3.68. The molecule has 1 aliphatic rings. The largest absolute Gasteiger partial charge is 0.342 e. The topological polar surface area (TPSA) is 32.3 Å². The van der Waals surface area contributed by atoms with Crippen molar-refractivity contribution in [1.82, 2.24) is 10.2 Å². The minimum atomic E-state index is 0.309. The van der Waals surface area contributed by atoms with Crippen LogP contribution in [0.3, 0.4) is 0 Å². The fraction of sp³-hybridized carbons (Fsp3) is 0.611. The minimum Gasteiger partial charge on any atom is -0.342 e. The molecule has 2 unspecified atom stereocenters. The third-order valence-corrected chi connectivity index (χ3v) is 4.73. The Morgan fingerprint density at radius 3 is 2.67 bits per heavy atom. The highest BCUT2D eigenvalue weighted by Gasteiger charge is 2.28. The van der Waals surface area contributed by atoms with Crippen LogP contribution in [0.1, 0.15) is 37.3 Å².